The molecule has 4 rings (SSSR count). The molecule has 168 valence electrons. The molecule has 2 aromatic carbocycles. The van der Waals surface area contributed by atoms with Crippen LogP contribution in [-0.4, -0.2) is 40.7 Å². The summed E-state index contributed by atoms with van der Waals surface area (Å²) in [6.45, 7) is 1.31. The van der Waals surface area contributed by atoms with Crippen LogP contribution in [0.25, 0.3) is 22.3 Å². The molecule has 4 aromatic rings. The molecule has 0 aliphatic heterocycles. The monoisotopic (exact) mass is 464 g/mol. The van der Waals surface area contributed by atoms with Crippen LogP contribution in [0.3, 0.4) is 0 Å². The fraction of sp³-hybridized carbons (Fsp3) is 0.130. The molecule has 0 aliphatic carbocycles. The van der Waals surface area contributed by atoms with Gasteiger partial charge in [-0.2, -0.15) is 4.98 Å². The smallest absolute Gasteiger partial charge is 0.308 e. The lowest BCUT2D eigenvalue weighted by Crippen LogP contribution is -2.09. The van der Waals surface area contributed by atoms with Gasteiger partial charge in [-0.3, -0.25) is 14.9 Å². The molecule has 0 radical (unpaired) electrons. The van der Waals surface area contributed by atoms with Gasteiger partial charge in [0.2, 0.25) is 4.96 Å². The van der Waals surface area contributed by atoms with Crippen LogP contribution in [-0.2, 0) is 9.59 Å². The van der Waals surface area contributed by atoms with Gasteiger partial charge in [-0.05, 0) is 48.0 Å². The highest BCUT2D eigenvalue weighted by Crippen LogP contribution is 2.29. The number of aromatic nitrogens is 3. The maximum atomic E-state index is 12.4. The molecule has 2 heterocycles. The number of esters is 1. The van der Waals surface area contributed by atoms with Crippen molar-refractivity contribution in [1.82, 2.24) is 14.6 Å². The number of anilines is 1. The van der Waals surface area contributed by atoms with Crippen molar-refractivity contribution in [3.05, 3.63) is 59.5 Å². The summed E-state index contributed by atoms with van der Waals surface area (Å²) in [5.74, 6) is 0.827. The van der Waals surface area contributed by atoms with Crippen LogP contribution >= 0.6 is 11.3 Å². The topological polar surface area (TPSA) is 104 Å². The molecule has 0 saturated heterocycles. The average molecular weight is 465 g/mol. The van der Waals surface area contributed by atoms with Crippen molar-refractivity contribution >= 4 is 40.2 Å². The summed E-state index contributed by atoms with van der Waals surface area (Å²) in [7, 11) is 3.09. The summed E-state index contributed by atoms with van der Waals surface area (Å²) in [4.78, 5) is 28.6. The Balaban J connectivity index is 1.47. The third-order valence-electron chi connectivity index (χ3n) is 4.57. The van der Waals surface area contributed by atoms with Gasteiger partial charge in [-0.1, -0.05) is 6.07 Å². The van der Waals surface area contributed by atoms with Crippen LogP contribution < -0.4 is 19.5 Å². The van der Waals surface area contributed by atoms with Gasteiger partial charge < -0.3 is 14.2 Å². The maximum Gasteiger partial charge on any atom is 0.308 e. The van der Waals surface area contributed by atoms with E-state index in [0.29, 0.717) is 22.0 Å². The number of nitrogens with zero attached hydrogens (tertiary/aromatic N) is 3. The van der Waals surface area contributed by atoms with E-state index in [9.17, 15) is 9.59 Å². The van der Waals surface area contributed by atoms with Crippen LogP contribution in [0.4, 0.5) is 5.95 Å². The van der Waals surface area contributed by atoms with E-state index < -0.39 is 5.97 Å². The fourth-order valence-corrected chi connectivity index (χ4v) is 3.88. The zero-order valence-electron chi connectivity index (χ0n) is 18.1. The number of benzene rings is 2. The molecule has 2 aromatic heterocycles. The zero-order valence-corrected chi connectivity index (χ0v) is 18.9. The molecule has 1 N–H and O–H groups in total. The van der Waals surface area contributed by atoms with Crippen molar-refractivity contribution in [3.8, 4) is 28.5 Å². The largest absolute Gasteiger partial charge is 0.497 e. The molecule has 0 aliphatic rings. The second-order valence-electron chi connectivity index (χ2n) is 6.81. The molecule has 0 bridgehead atoms. The number of rotatable bonds is 7. The number of hydrogen-bond donors (Lipinski definition) is 1. The first kappa shape index (κ1) is 22.0. The van der Waals surface area contributed by atoms with Crippen LogP contribution in [0, 0.1) is 0 Å². The SMILES string of the molecule is COc1ccc(-c2csc3nc(NC(=O)/C=C/c4ccc(OC(C)=O)c(OC)c4)nn23)cc1. The van der Waals surface area contributed by atoms with Gasteiger partial charge in [0.1, 0.15) is 5.75 Å². The highest BCUT2D eigenvalue weighted by atomic mass is 32.1. The van der Waals surface area contributed by atoms with E-state index in [0.717, 1.165) is 17.0 Å². The van der Waals surface area contributed by atoms with Gasteiger partial charge in [-0.15, -0.1) is 16.4 Å². The normalized spacial score (nSPS) is 11.0. The summed E-state index contributed by atoms with van der Waals surface area (Å²) in [5, 5.41) is 9.03. The Hall–Kier alpha value is -4.18. The van der Waals surface area contributed by atoms with E-state index in [4.69, 9.17) is 14.2 Å². The summed E-state index contributed by atoms with van der Waals surface area (Å²) >= 11 is 1.43. The second kappa shape index (κ2) is 9.53. The maximum absolute atomic E-state index is 12.4. The van der Waals surface area contributed by atoms with Gasteiger partial charge in [0.15, 0.2) is 11.5 Å². The Kier molecular flexibility index (Phi) is 6.36. The number of thiazole rings is 1. The number of carbonyl (C=O) groups is 2. The van der Waals surface area contributed by atoms with Crippen molar-refractivity contribution in [2.24, 2.45) is 0 Å². The van der Waals surface area contributed by atoms with Crippen molar-refractivity contribution in [2.75, 3.05) is 19.5 Å². The molecular weight excluding hydrogens is 444 g/mol. The number of nitrogens with one attached hydrogen (secondary N) is 1. The lowest BCUT2D eigenvalue weighted by Gasteiger charge is -2.08. The minimum absolute atomic E-state index is 0.203. The lowest BCUT2D eigenvalue weighted by molar-refractivity contribution is -0.132. The van der Waals surface area contributed by atoms with E-state index in [-0.39, 0.29) is 11.9 Å². The molecule has 10 heteroatoms. The Morgan fingerprint density at radius 1 is 1.06 bits per heavy atom. The fourth-order valence-electron chi connectivity index (χ4n) is 3.05. The Morgan fingerprint density at radius 3 is 2.55 bits per heavy atom. The molecule has 0 spiro atoms. The predicted octanol–water partition coefficient (Wildman–Crippen LogP) is 4.05. The number of ether oxygens (including phenoxy) is 3. The number of carbonyl (C=O) groups excluding carboxylic acids is 2. The first-order valence-electron chi connectivity index (χ1n) is 9.81. The van der Waals surface area contributed by atoms with E-state index >= 15 is 0 Å². The molecular formula is C23H20N4O5S. The number of amides is 1. The third-order valence-corrected chi connectivity index (χ3v) is 5.39. The van der Waals surface area contributed by atoms with Crippen molar-refractivity contribution in [2.45, 2.75) is 6.92 Å². The Morgan fingerprint density at radius 2 is 1.85 bits per heavy atom. The molecule has 0 fully saturated rings. The standard InChI is InChI=1S/C23H20N4O5S/c1-14(28)32-19-10-4-15(12-20(19)31-3)5-11-21(29)24-22-25-23-27(26-22)18(13-33-23)16-6-8-17(30-2)9-7-16/h4-13H,1-3H3,(H,24,26,29)/b11-5+. The van der Waals surface area contributed by atoms with Crippen LogP contribution in [0.5, 0.6) is 17.2 Å². The summed E-state index contributed by atoms with van der Waals surface area (Å²) < 4.78 is 17.2. The van der Waals surface area contributed by atoms with E-state index in [1.807, 2.05) is 29.6 Å². The third kappa shape index (κ3) is 5.01. The number of hydrogen-bond acceptors (Lipinski definition) is 8. The van der Waals surface area contributed by atoms with Crippen LogP contribution in [0.1, 0.15) is 12.5 Å². The average Bonchev–Trinajstić information content (AvgIpc) is 3.38. The van der Waals surface area contributed by atoms with Gasteiger partial charge in [-0.25, -0.2) is 4.52 Å². The van der Waals surface area contributed by atoms with Gasteiger partial charge in [0.25, 0.3) is 11.9 Å². The number of methoxy groups -OCH3 is 2. The zero-order chi connectivity index (χ0) is 23.4. The van der Waals surface area contributed by atoms with Gasteiger partial charge in [0, 0.05) is 23.9 Å². The van der Waals surface area contributed by atoms with Crippen LogP contribution in [0.15, 0.2) is 53.9 Å². The predicted molar refractivity (Wildman–Crippen MR) is 125 cm³/mol. The summed E-state index contributed by atoms with van der Waals surface area (Å²) in [6.07, 6.45) is 2.97. The van der Waals surface area contributed by atoms with Crippen molar-refractivity contribution in [1.29, 1.82) is 0 Å². The first-order valence-corrected chi connectivity index (χ1v) is 10.7. The number of fused-ring (bicyclic) bond motifs is 1. The van der Waals surface area contributed by atoms with E-state index in [1.54, 1.807) is 35.9 Å². The summed E-state index contributed by atoms with van der Waals surface area (Å²) in [5.41, 5.74) is 2.51. The van der Waals surface area contributed by atoms with Gasteiger partial charge >= 0.3 is 5.97 Å². The van der Waals surface area contributed by atoms with Gasteiger partial charge in [0.05, 0.1) is 19.9 Å². The highest BCUT2D eigenvalue weighted by Gasteiger charge is 2.13. The molecule has 0 unspecified atom stereocenters. The van der Waals surface area contributed by atoms with Crippen molar-refractivity contribution < 1.29 is 23.8 Å². The minimum Gasteiger partial charge on any atom is -0.497 e. The van der Waals surface area contributed by atoms with Crippen molar-refractivity contribution in [3.63, 3.8) is 0 Å². The molecule has 1 amide bonds. The van der Waals surface area contributed by atoms with E-state index in [1.165, 1.54) is 31.4 Å². The highest BCUT2D eigenvalue weighted by molar-refractivity contribution is 7.15. The van der Waals surface area contributed by atoms with Crippen LogP contribution in [0.2, 0.25) is 0 Å². The first-order chi connectivity index (χ1) is 16.0. The van der Waals surface area contributed by atoms with E-state index in [2.05, 4.69) is 15.4 Å². The molecule has 33 heavy (non-hydrogen) atoms. The lowest BCUT2D eigenvalue weighted by atomic mass is 10.2. The quantitative estimate of drug-likeness (QED) is 0.250. The Bertz CT molecular complexity index is 1340. The Labute approximate surface area is 193 Å². The minimum atomic E-state index is -0.446. The molecule has 9 nitrogen and oxygen atoms in total. The summed E-state index contributed by atoms with van der Waals surface area (Å²) in [6, 6.07) is 12.6. The molecule has 0 atom stereocenters. The second-order valence-corrected chi connectivity index (χ2v) is 7.64. The molecule has 0 saturated carbocycles.